The van der Waals surface area contributed by atoms with Crippen LogP contribution < -0.4 is 5.32 Å². The quantitative estimate of drug-likeness (QED) is 0.628. The predicted molar refractivity (Wildman–Crippen MR) is 55.5 cm³/mol. The number of nitrogens with one attached hydrogen (secondary N) is 1. The highest BCUT2D eigenvalue weighted by Crippen LogP contribution is 2.32. The van der Waals surface area contributed by atoms with Crippen LogP contribution in [0.2, 0.25) is 0 Å². The van der Waals surface area contributed by atoms with Gasteiger partial charge in [0.25, 0.3) is 0 Å². The third-order valence-electron chi connectivity index (χ3n) is 3.85. The molecule has 2 fully saturated rings. The third-order valence-corrected chi connectivity index (χ3v) is 3.85. The molecule has 3 unspecified atom stereocenters. The van der Waals surface area contributed by atoms with Gasteiger partial charge in [0, 0.05) is 12.6 Å². The van der Waals surface area contributed by atoms with Crippen LogP contribution in [-0.2, 0) is 4.79 Å². The molecule has 3 atom stereocenters. The monoisotopic (exact) mass is 213 g/mol. The highest BCUT2D eigenvalue weighted by Gasteiger charge is 2.37. The van der Waals surface area contributed by atoms with E-state index in [2.05, 4.69) is 5.32 Å². The van der Waals surface area contributed by atoms with Crippen molar-refractivity contribution in [2.24, 2.45) is 11.8 Å². The molecule has 0 aromatic heterocycles. The summed E-state index contributed by atoms with van der Waals surface area (Å²) in [7, 11) is 0. The summed E-state index contributed by atoms with van der Waals surface area (Å²) in [4.78, 5) is 10.8. The van der Waals surface area contributed by atoms with Gasteiger partial charge >= 0.3 is 5.97 Å². The number of carbonyl (C=O) groups is 1. The van der Waals surface area contributed by atoms with E-state index in [-0.39, 0.29) is 0 Å². The van der Waals surface area contributed by atoms with Crippen LogP contribution in [0.15, 0.2) is 0 Å². The second-order valence-corrected chi connectivity index (χ2v) is 4.81. The van der Waals surface area contributed by atoms with Crippen LogP contribution in [0.4, 0.5) is 0 Å². The fourth-order valence-corrected chi connectivity index (χ4v) is 2.89. The first-order valence-electron chi connectivity index (χ1n) is 5.82. The van der Waals surface area contributed by atoms with E-state index in [1.54, 1.807) is 0 Å². The molecule has 1 heterocycles. The summed E-state index contributed by atoms with van der Waals surface area (Å²) in [5.74, 6) is -0.864. The number of rotatable bonds is 2. The Morgan fingerprint density at radius 3 is 2.47 bits per heavy atom. The van der Waals surface area contributed by atoms with Gasteiger partial charge in [-0.3, -0.25) is 4.79 Å². The van der Waals surface area contributed by atoms with Gasteiger partial charge in [-0.15, -0.1) is 0 Å². The van der Waals surface area contributed by atoms with Crippen molar-refractivity contribution in [3.8, 4) is 0 Å². The van der Waals surface area contributed by atoms with Crippen LogP contribution in [-0.4, -0.2) is 34.9 Å². The molecule has 4 nitrogen and oxygen atoms in total. The minimum absolute atomic E-state index is 0.332. The number of aliphatic hydroxyl groups is 1. The van der Waals surface area contributed by atoms with Crippen molar-refractivity contribution in [1.82, 2.24) is 5.32 Å². The van der Waals surface area contributed by atoms with E-state index in [0.717, 1.165) is 0 Å². The maximum Gasteiger partial charge on any atom is 0.310 e. The zero-order valence-electron chi connectivity index (χ0n) is 8.85. The number of hydrogen-bond acceptors (Lipinski definition) is 3. The Hall–Kier alpha value is -0.610. The van der Waals surface area contributed by atoms with Gasteiger partial charge in [0.05, 0.1) is 12.0 Å². The molecule has 0 spiro atoms. The first-order chi connectivity index (χ1) is 7.18. The number of piperidine rings is 1. The van der Waals surface area contributed by atoms with Crippen molar-refractivity contribution in [1.29, 1.82) is 0 Å². The van der Waals surface area contributed by atoms with Crippen molar-refractivity contribution in [3.63, 3.8) is 0 Å². The van der Waals surface area contributed by atoms with E-state index >= 15 is 0 Å². The number of aliphatic carboxylic acids is 1. The minimum Gasteiger partial charge on any atom is -0.481 e. The maximum atomic E-state index is 10.8. The summed E-state index contributed by atoms with van der Waals surface area (Å²) < 4.78 is 0. The van der Waals surface area contributed by atoms with Crippen LogP contribution in [0, 0.1) is 11.8 Å². The number of hydrogen-bond donors (Lipinski definition) is 3. The molecule has 0 amide bonds. The highest BCUT2D eigenvalue weighted by molar-refractivity contribution is 5.71. The summed E-state index contributed by atoms with van der Waals surface area (Å²) in [6.45, 7) is 0.414. The maximum absolute atomic E-state index is 10.8. The lowest BCUT2D eigenvalue weighted by Gasteiger charge is -2.35. The van der Waals surface area contributed by atoms with E-state index in [0.29, 0.717) is 24.9 Å². The topological polar surface area (TPSA) is 69.6 Å². The van der Waals surface area contributed by atoms with Gasteiger partial charge in [0.15, 0.2) is 0 Å². The second kappa shape index (κ2) is 4.49. The number of carboxylic acid groups (broad SMARTS) is 1. The molecule has 1 saturated heterocycles. The fourth-order valence-electron chi connectivity index (χ4n) is 2.89. The van der Waals surface area contributed by atoms with Crippen LogP contribution in [0.1, 0.15) is 32.1 Å². The van der Waals surface area contributed by atoms with Crippen molar-refractivity contribution in [2.45, 2.75) is 44.2 Å². The van der Waals surface area contributed by atoms with Crippen LogP contribution in [0.25, 0.3) is 0 Å². The molecule has 0 aromatic rings. The Balaban J connectivity index is 1.90. The van der Waals surface area contributed by atoms with Crippen molar-refractivity contribution in [3.05, 3.63) is 0 Å². The highest BCUT2D eigenvalue weighted by atomic mass is 16.4. The van der Waals surface area contributed by atoms with Crippen molar-refractivity contribution < 1.29 is 15.0 Å². The van der Waals surface area contributed by atoms with E-state index in [4.69, 9.17) is 5.11 Å². The molecular formula is C11H19NO3. The smallest absolute Gasteiger partial charge is 0.310 e. The summed E-state index contributed by atoms with van der Waals surface area (Å²) >= 11 is 0. The first-order valence-corrected chi connectivity index (χ1v) is 5.82. The normalized spacial score (nSPS) is 38.1. The standard InChI is InChI=1S/C11H19NO3/c13-10-5-9(7-3-1-2-4-7)12-6-8(10)11(14)15/h7-10,12-13H,1-6H2,(H,14,15). The third kappa shape index (κ3) is 2.32. The summed E-state index contributed by atoms with van der Waals surface area (Å²) in [6, 6.07) is 0.332. The summed E-state index contributed by atoms with van der Waals surface area (Å²) in [5, 5.41) is 21.9. The largest absolute Gasteiger partial charge is 0.481 e. The van der Waals surface area contributed by atoms with Gasteiger partial charge in [-0.25, -0.2) is 0 Å². The average Bonchev–Trinajstić information content (AvgIpc) is 2.69. The lowest BCUT2D eigenvalue weighted by Crippen LogP contribution is -2.51. The zero-order valence-corrected chi connectivity index (χ0v) is 8.85. The van der Waals surface area contributed by atoms with Gasteiger partial charge in [-0.1, -0.05) is 12.8 Å². The van der Waals surface area contributed by atoms with Gasteiger partial charge in [0.2, 0.25) is 0 Å². The molecule has 2 aliphatic rings. The zero-order chi connectivity index (χ0) is 10.8. The molecule has 1 aliphatic heterocycles. The lowest BCUT2D eigenvalue weighted by molar-refractivity contribution is -0.147. The Morgan fingerprint density at radius 2 is 1.93 bits per heavy atom. The first kappa shape index (κ1) is 10.9. The van der Waals surface area contributed by atoms with Gasteiger partial charge in [-0.2, -0.15) is 0 Å². The molecule has 4 heteroatoms. The molecule has 15 heavy (non-hydrogen) atoms. The van der Waals surface area contributed by atoms with Gasteiger partial charge in [0.1, 0.15) is 0 Å². The van der Waals surface area contributed by atoms with Gasteiger partial charge < -0.3 is 15.5 Å². The van der Waals surface area contributed by atoms with Crippen LogP contribution in [0.3, 0.4) is 0 Å². The Bertz CT molecular complexity index is 238. The van der Waals surface area contributed by atoms with Gasteiger partial charge in [-0.05, 0) is 25.2 Å². The molecule has 0 radical (unpaired) electrons. The average molecular weight is 213 g/mol. The van der Waals surface area contributed by atoms with E-state index in [1.165, 1.54) is 25.7 Å². The minimum atomic E-state index is -0.889. The number of carboxylic acids is 1. The molecule has 1 aliphatic carbocycles. The SMILES string of the molecule is O=C(O)C1CNC(C2CCCC2)CC1O. The molecule has 0 aromatic carbocycles. The van der Waals surface area contributed by atoms with E-state index in [9.17, 15) is 9.90 Å². The number of aliphatic hydroxyl groups excluding tert-OH is 1. The second-order valence-electron chi connectivity index (χ2n) is 4.81. The molecular weight excluding hydrogens is 194 g/mol. The van der Waals surface area contributed by atoms with Crippen molar-refractivity contribution in [2.75, 3.05) is 6.54 Å². The lowest BCUT2D eigenvalue weighted by atomic mass is 9.85. The Kier molecular flexibility index (Phi) is 3.26. The van der Waals surface area contributed by atoms with Crippen LogP contribution >= 0.6 is 0 Å². The predicted octanol–water partition coefficient (Wildman–Crippen LogP) is 0.600. The summed E-state index contributed by atoms with van der Waals surface area (Å²) in [5.41, 5.74) is 0. The van der Waals surface area contributed by atoms with E-state index in [1.807, 2.05) is 0 Å². The molecule has 86 valence electrons. The van der Waals surface area contributed by atoms with Crippen LogP contribution in [0.5, 0.6) is 0 Å². The Labute approximate surface area is 89.7 Å². The molecule has 3 N–H and O–H groups in total. The van der Waals surface area contributed by atoms with Crippen molar-refractivity contribution >= 4 is 5.97 Å². The molecule has 2 rings (SSSR count). The fraction of sp³-hybridized carbons (Fsp3) is 0.909. The Morgan fingerprint density at radius 1 is 1.27 bits per heavy atom. The van der Waals surface area contributed by atoms with E-state index < -0.39 is 18.0 Å². The summed E-state index contributed by atoms with van der Waals surface area (Å²) in [6.07, 6.45) is 4.93. The molecule has 1 saturated carbocycles. The molecule has 0 bridgehead atoms.